The number of nitrogens with zero attached hydrogens (tertiary/aromatic N) is 3. The van der Waals surface area contributed by atoms with Crippen molar-refractivity contribution >= 4 is 28.5 Å². The van der Waals surface area contributed by atoms with E-state index in [9.17, 15) is 4.79 Å². The first-order valence-electron chi connectivity index (χ1n) is 9.43. The van der Waals surface area contributed by atoms with Gasteiger partial charge in [-0.2, -0.15) is 0 Å². The second-order valence-electron chi connectivity index (χ2n) is 7.71. The standard InChI is InChI=1S/C21H22IN3O/c22-17-5-3-15(4-6-17)21(26)25-13-18(16-2-1-9-23-12-16)20-19(25)14-7-10-24(20)11-8-14/h1-6,9,12,14,18-20H,7-8,10-11,13H2. The largest absolute Gasteiger partial charge is 0.333 e. The molecule has 0 radical (unpaired) electrons. The van der Waals surface area contributed by atoms with Crippen molar-refractivity contribution in [2.45, 2.75) is 30.8 Å². The molecule has 0 saturated carbocycles. The van der Waals surface area contributed by atoms with Crippen molar-refractivity contribution in [3.8, 4) is 0 Å². The van der Waals surface area contributed by atoms with E-state index in [4.69, 9.17) is 0 Å². The quantitative estimate of drug-likeness (QED) is 0.647. The molecule has 0 aliphatic carbocycles. The number of carbonyl (C=O) groups excluding carboxylic acids is 1. The van der Waals surface area contributed by atoms with E-state index in [1.54, 1.807) is 0 Å². The fourth-order valence-electron chi connectivity index (χ4n) is 5.30. The third kappa shape index (κ3) is 2.67. The van der Waals surface area contributed by atoms with E-state index in [0.717, 1.165) is 15.7 Å². The Bertz CT molecular complexity index is 802. The molecule has 4 aliphatic heterocycles. The Balaban J connectivity index is 1.52. The van der Waals surface area contributed by atoms with Crippen LogP contribution in [0.4, 0.5) is 0 Å². The molecule has 3 unspecified atom stereocenters. The lowest BCUT2D eigenvalue weighted by molar-refractivity contribution is -0.00342. The molecule has 5 heteroatoms. The molecule has 4 aliphatic rings. The van der Waals surface area contributed by atoms with Crippen LogP contribution in [0.3, 0.4) is 0 Å². The zero-order chi connectivity index (χ0) is 17.7. The summed E-state index contributed by atoms with van der Waals surface area (Å²) >= 11 is 2.29. The molecule has 6 rings (SSSR count). The SMILES string of the molecule is O=C(c1ccc(I)cc1)N1CC(c2cccnc2)C2C1C1CCN2CC1. The van der Waals surface area contributed by atoms with Crippen LogP contribution >= 0.6 is 22.6 Å². The number of fused-ring (bicyclic) bond motifs is 2. The number of carbonyl (C=O) groups is 1. The number of amides is 1. The maximum absolute atomic E-state index is 13.4. The van der Waals surface area contributed by atoms with Crippen molar-refractivity contribution in [2.24, 2.45) is 5.92 Å². The van der Waals surface area contributed by atoms with Crippen LogP contribution in [0.1, 0.15) is 34.7 Å². The molecule has 26 heavy (non-hydrogen) atoms. The normalized spacial score (nSPS) is 32.5. The van der Waals surface area contributed by atoms with E-state index >= 15 is 0 Å². The summed E-state index contributed by atoms with van der Waals surface area (Å²) in [6.45, 7) is 3.15. The molecule has 0 N–H and O–H groups in total. The minimum absolute atomic E-state index is 0.191. The Morgan fingerprint density at radius 3 is 2.54 bits per heavy atom. The number of pyridine rings is 1. The molecule has 3 atom stereocenters. The summed E-state index contributed by atoms with van der Waals surface area (Å²) in [4.78, 5) is 22.5. The van der Waals surface area contributed by atoms with Gasteiger partial charge >= 0.3 is 0 Å². The first kappa shape index (κ1) is 16.7. The lowest BCUT2D eigenvalue weighted by Crippen LogP contribution is -2.60. The summed E-state index contributed by atoms with van der Waals surface area (Å²) in [7, 11) is 0. The van der Waals surface area contributed by atoms with Gasteiger partial charge in [-0.1, -0.05) is 6.07 Å². The Morgan fingerprint density at radius 1 is 1.08 bits per heavy atom. The maximum atomic E-state index is 13.4. The Kier molecular flexibility index (Phi) is 4.24. The second kappa shape index (κ2) is 6.60. The van der Waals surface area contributed by atoms with Crippen molar-refractivity contribution in [2.75, 3.05) is 19.6 Å². The van der Waals surface area contributed by atoms with Crippen LogP contribution in [-0.2, 0) is 0 Å². The van der Waals surface area contributed by atoms with Gasteiger partial charge in [-0.15, -0.1) is 0 Å². The van der Waals surface area contributed by atoms with Gasteiger partial charge in [0.1, 0.15) is 0 Å². The number of halogens is 1. The average molecular weight is 459 g/mol. The Hall–Kier alpha value is -1.47. The van der Waals surface area contributed by atoms with Gasteiger partial charge in [0.2, 0.25) is 0 Å². The minimum atomic E-state index is 0.191. The molecule has 5 heterocycles. The smallest absolute Gasteiger partial charge is 0.254 e. The van der Waals surface area contributed by atoms with Crippen LogP contribution in [0, 0.1) is 9.49 Å². The molecule has 2 bridgehead atoms. The number of likely N-dealkylation sites (tertiary alicyclic amines) is 1. The topological polar surface area (TPSA) is 36.4 Å². The van der Waals surface area contributed by atoms with E-state index in [1.165, 1.54) is 31.5 Å². The fourth-order valence-corrected chi connectivity index (χ4v) is 5.66. The second-order valence-corrected chi connectivity index (χ2v) is 8.96. The van der Waals surface area contributed by atoms with Gasteiger partial charge < -0.3 is 4.90 Å². The third-order valence-electron chi connectivity index (χ3n) is 6.46. The average Bonchev–Trinajstić information content (AvgIpc) is 3.12. The van der Waals surface area contributed by atoms with Crippen molar-refractivity contribution in [1.82, 2.24) is 14.8 Å². The van der Waals surface area contributed by atoms with Crippen LogP contribution in [-0.4, -0.2) is 52.4 Å². The molecule has 4 nitrogen and oxygen atoms in total. The van der Waals surface area contributed by atoms with E-state index in [-0.39, 0.29) is 5.91 Å². The van der Waals surface area contributed by atoms with Gasteiger partial charge in [-0.05, 0) is 90.3 Å². The highest BCUT2D eigenvalue weighted by Gasteiger charge is 2.54. The zero-order valence-electron chi connectivity index (χ0n) is 14.6. The Morgan fingerprint density at radius 2 is 1.85 bits per heavy atom. The first-order valence-corrected chi connectivity index (χ1v) is 10.5. The highest BCUT2D eigenvalue weighted by molar-refractivity contribution is 14.1. The van der Waals surface area contributed by atoms with Gasteiger partial charge in [0.05, 0.1) is 6.04 Å². The summed E-state index contributed by atoms with van der Waals surface area (Å²) in [5, 5.41) is 0. The highest BCUT2D eigenvalue weighted by atomic mass is 127. The lowest BCUT2D eigenvalue weighted by Gasteiger charge is -2.51. The summed E-state index contributed by atoms with van der Waals surface area (Å²) < 4.78 is 1.16. The van der Waals surface area contributed by atoms with Gasteiger partial charge in [0.15, 0.2) is 0 Å². The predicted octanol–water partition coefficient (Wildman–Crippen LogP) is 3.39. The molecule has 4 saturated heterocycles. The van der Waals surface area contributed by atoms with Crippen LogP contribution in [0.25, 0.3) is 0 Å². The number of hydrogen-bond donors (Lipinski definition) is 0. The third-order valence-corrected chi connectivity index (χ3v) is 7.18. The van der Waals surface area contributed by atoms with Crippen LogP contribution < -0.4 is 0 Å². The van der Waals surface area contributed by atoms with Crippen molar-refractivity contribution < 1.29 is 4.79 Å². The molecule has 2 aromatic rings. The van der Waals surface area contributed by atoms with E-state index in [2.05, 4.69) is 43.4 Å². The number of piperidine rings is 3. The number of rotatable bonds is 2. The van der Waals surface area contributed by atoms with E-state index in [1.807, 2.05) is 42.7 Å². The van der Waals surface area contributed by atoms with Crippen molar-refractivity contribution in [3.05, 3.63) is 63.5 Å². The van der Waals surface area contributed by atoms with Gasteiger partial charge in [0, 0.05) is 40.0 Å². The molecule has 134 valence electrons. The van der Waals surface area contributed by atoms with Gasteiger partial charge in [-0.3, -0.25) is 14.7 Å². The monoisotopic (exact) mass is 459 g/mol. The summed E-state index contributed by atoms with van der Waals surface area (Å²) in [6, 6.07) is 13.0. The van der Waals surface area contributed by atoms with Gasteiger partial charge in [-0.25, -0.2) is 0 Å². The molecule has 4 fully saturated rings. The highest BCUT2D eigenvalue weighted by Crippen LogP contribution is 2.46. The maximum Gasteiger partial charge on any atom is 0.254 e. The van der Waals surface area contributed by atoms with Crippen molar-refractivity contribution in [1.29, 1.82) is 0 Å². The van der Waals surface area contributed by atoms with E-state index in [0.29, 0.717) is 23.9 Å². The lowest BCUT2D eigenvalue weighted by atomic mass is 9.75. The molecule has 1 amide bonds. The first-order chi connectivity index (χ1) is 12.7. The summed E-state index contributed by atoms with van der Waals surface area (Å²) in [6.07, 6.45) is 6.26. The van der Waals surface area contributed by atoms with Gasteiger partial charge in [0.25, 0.3) is 5.91 Å². The summed E-state index contributed by atoms with van der Waals surface area (Å²) in [5.41, 5.74) is 2.08. The molecule has 0 spiro atoms. The molecular formula is C21H22IN3O. The van der Waals surface area contributed by atoms with Crippen LogP contribution in [0.5, 0.6) is 0 Å². The number of aromatic nitrogens is 1. The fraction of sp³-hybridized carbons (Fsp3) is 0.429. The van der Waals surface area contributed by atoms with Crippen LogP contribution in [0.15, 0.2) is 48.8 Å². The molecule has 1 aromatic heterocycles. The predicted molar refractivity (Wildman–Crippen MR) is 109 cm³/mol. The van der Waals surface area contributed by atoms with Crippen LogP contribution in [0.2, 0.25) is 0 Å². The minimum Gasteiger partial charge on any atom is -0.333 e. The molecular weight excluding hydrogens is 437 g/mol. The van der Waals surface area contributed by atoms with Crippen molar-refractivity contribution in [3.63, 3.8) is 0 Å². The Labute approximate surface area is 167 Å². The number of hydrogen-bond acceptors (Lipinski definition) is 3. The van der Waals surface area contributed by atoms with E-state index < -0.39 is 0 Å². The summed E-state index contributed by atoms with van der Waals surface area (Å²) in [5.74, 6) is 1.20. The molecule has 1 aromatic carbocycles. The number of benzene rings is 1. The zero-order valence-corrected chi connectivity index (χ0v) is 16.7.